The minimum Gasteiger partial charge on any atom is -0.387 e. The second-order valence-electron chi connectivity index (χ2n) is 12.2. The molecular weight excluding hydrogens is 493 g/mol. The van der Waals surface area contributed by atoms with Gasteiger partial charge in [0.15, 0.2) is 0 Å². The van der Waals surface area contributed by atoms with Crippen molar-refractivity contribution in [3.63, 3.8) is 0 Å². The SMILES string of the molecule is CCCC(COC(C)(C)C)C(CCCC(O)c1cnc(/C=C(\C)C2(C(F)(F)F)CCC2)c(C)n1)OC(C)C. The van der Waals surface area contributed by atoms with E-state index in [1.165, 1.54) is 19.2 Å². The standard InChI is InChI=1S/C30H49F3N2O3/c1-9-12-23(19-37-28(6,7)8)27(38-20(2)3)14-10-13-26(36)25-18-34-24(22(5)35-25)17-21(4)29(15-11-16-29)30(31,32)33/h17-18,20,23,26-27,36H,9-16,19H2,1-8H3/b21-17+. The lowest BCUT2D eigenvalue weighted by molar-refractivity contribution is -0.233. The number of ether oxygens (including phenoxy) is 2. The van der Waals surface area contributed by atoms with Crippen LogP contribution in [0, 0.1) is 18.3 Å². The van der Waals surface area contributed by atoms with Crippen LogP contribution >= 0.6 is 0 Å². The first-order chi connectivity index (χ1) is 17.6. The molecule has 0 aromatic carbocycles. The Labute approximate surface area is 227 Å². The van der Waals surface area contributed by atoms with Gasteiger partial charge in [0.1, 0.15) is 0 Å². The minimum atomic E-state index is -4.27. The van der Waals surface area contributed by atoms with Crippen LogP contribution in [0.15, 0.2) is 11.8 Å². The van der Waals surface area contributed by atoms with E-state index in [1.807, 2.05) is 13.8 Å². The number of allylic oxidation sites excluding steroid dienone is 1. The molecule has 1 aliphatic rings. The molecule has 0 bridgehead atoms. The maximum Gasteiger partial charge on any atom is 0.398 e. The summed E-state index contributed by atoms with van der Waals surface area (Å²) in [5.74, 6) is 0.269. The largest absolute Gasteiger partial charge is 0.398 e. The molecule has 0 saturated heterocycles. The third-order valence-corrected chi connectivity index (χ3v) is 7.53. The molecule has 1 aliphatic carbocycles. The van der Waals surface area contributed by atoms with E-state index in [9.17, 15) is 18.3 Å². The van der Waals surface area contributed by atoms with Gasteiger partial charge in [-0.15, -0.1) is 0 Å². The van der Waals surface area contributed by atoms with Crippen molar-refractivity contribution in [2.24, 2.45) is 11.3 Å². The molecular formula is C30H49F3N2O3. The van der Waals surface area contributed by atoms with E-state index >= 15 is 0 Å². The van der Waals surface area contributed by atoms with Crippen molar-refractivity contribution < 1.29 is 27.8 Å². The van der Waals surface area contributed by atoms with Gasteiger partial charge in [-0.3, -0.25) is 9.97 Å². The Hall–Kier alpha value is -1.51. The lowest BCUT2D eigenvalue weighted by Gasteiger charge is -2.44. The van der Waals surface area contributed by atoms with Gasteiger partial charge in [0.25, 0.3) is 0 Å². The maximum atomic E-state index is 13.7. The second kappa shape index (κ2) is 13.7. The number of halogens is 3. The fraction of sp³-hybridized carbons (Fsp3) is 0.800. The highest BCUT2D eigenvalue weighted by Gasteiger charge is 2.59. The van der Waals surface area contributed by atoms with Crippen LogP contribution in [0.5, 0.6) is 0 Å². The smallest absolute Gasteiger partial charge is 0.387 e. The van der Waals surface area contributed by atoms with Crippen LogP contribution in [0.25, 0.3) is 6.08 Å². The zero-order chi connectivity index (χ0) is 28.7. The van der Waals surface area contributed by atoms with Crippen LogP contribution in [0.3, 0.4) is 0 Å². The lowest BCUT2D eigenvalue weighted by Crippen LogP contribution is -2.44. The molecule has 5 nitrogen and oxygen atoms in total. The molecule has 0 spiro atoms. The summed E-state index contributed by atoms with van der Waals surface area (Å²) in [6.07, 6.45) is 2.92. The highest BCUT2D eigenvalue weighted by atomic mass is 19.4. The van der Waals surface area contributed by atoms with Crippen LogP contribution in [0.4, 0.5) is 13.2 Å². The molecule has 218 valence electrons. The number of rotatable bonds is 14. The summed E-state index contributed by atoms with van der Waals surface area (Å²) >= 11 is 0. The van der Waals surface area contributed by atoms with Crippen LogP contribution in [-0.2, 0) is 9.47 Å². The van der Waals surface area contributed by atoms with Gasteiger partial charge in [0.05, 0.1) is 59.2 Å². The second-order valence-corrected chi connectivity index (χ2v) is 12.2. The van der Waals surface area contributed by atoms with Crippen LogP contribution in [0.2, 0.25) is 0 Å². The Bertz CT molecular complexity index is 905. The fourth-order valence-electron chi connectivity index (χ4n) is 5.12. The van der Waals surface area contributed by atoms with E-state index in [0.29, 0.717) is 36.5 Å². The molecule has 1 saturated carbocycles. The number of aromatic nitrogens is 2. The van der Waals surface area contributed by atoms with Crippen molar-refractivity contribution in [1.29, 1.82) is 0 Å². The Kier molecular flexibility index (Phi) is 11.8. The summed E-state index contributed by atoms with van der Waals surface area (Å²) in [6, 6.07) is 0. The van der Waals surface area contributed by atoms with Gasteiger partial charge >= 0.3 is 6.18 Å². The number of alkyl halides is 3. The van der Waals surface area contributed by atoms with Crippen molar-refractivity contribution in [3.05, 3.63) is 28.9 Å². The average molecular weight is 543 g/mol. The molecule has 3 atom stereocenters. The molecule has 0 aliphatic heterocycles. The van der Waals surface area contributed by atoms with Crippen molar-refractivity contribution in [2.45, 2.75) is 137 Å². The summed E-state index contributed by atoms with van der Waals surface area (Å²) in [5.41, 5.74) is -0.320. The Morgan fingerprint density at radius 3 is 2.29 bits per heavy atom. The topological polar surface area (TPSA) is 64.5 Å². The fourth-order valence-corrected chi connectivity index (χ4v) is 5.12. The number of hydrogen-bond acceptors (Lipinski definition) is 5. The number of hydrogen-bond donors (Lipinski definition) is 1. The molecule has 1 aromatic heterocycles. The first kappa shape index (κ1) is 32.7. The molecule has 1 N–H and O–H groups in total. The Morgan fingerprint density at radius 2 is 1.82 bits per heavy atom. The molecule has 3 unspecified atom stereocenters. The van der Waals surface area contributed by atoms with Gasteiger partial charge in [0.2, 0.25) is 0 Å². The first-order valence-corrected chi connectivity index (χ1v) is 14.2. The molecule has 1 fully saturated rings. The summed E-state index contributed by atoms with van der Waals surface area (Å²) < 4.78 is 53.4. The summed E-state index contributed by atoms with van der Waals surface area (Å²) in [6.45, 7) is 16.3. The van der Waals surface area contributed by atoms with Gasteiger partial charge in [0, 0.05) is 5.92 Å². The van der Waals surface area contributed by atoms with Gasteiger partial charge < -0.3 is 14.6 Å². The molecule has 0 radical (unpaired) electrons. The first-order valence-electron chi connectivity index (χ1n) is 14.2. The van der Waals surface area contributed by atoms with Crippen molar-refractivity contribution in [1.82, 2.24) is 9.97 Å². The average Bonchev–Trinajstić information content (AvgIpc) is 2.74. The predicted octanol–water partition coefficient (Wildman–Crippen LogP) is 8.15. The van der Waals surface area contributed by atoms with E-state index in [1.54, 1.807) is 6.92 Å². The summed E-state index contributed by atoms with van der Waals surface area (Å²) in [7, 11) is 0. The zero-order valence-corrected chi connectivity index (χ0v) is 24.6. The van der Waals surface area contributed by atoms with Crippen LogP contribution in [-0.4, -0.2) is 45.7 Å². The van der Waals surface area contributed by atoms with Crippen molar-refractivity contribution in [2.75, 3.05) is 6.61 Å². The minimum absolute atomic E-state index is 0.0280. The zero-order valence-electron chi connectivity index (χ0n) is 24.6. The third-order valence-electron chi connectivity index (χ3n) is 7.53. The Balaban J connectivity index is 2.05. The molecule has 2 rings (SSSR count). The maximum absolute atomic E-state index is 13.7. The number of aliphatic hydroxyl groups excluding tert-OH is 1. The quantitative estimate of drug-likeness (QED) is 0.257. The highest BCUT2D eigenvalue weighted by Crippen LogP contribution is 2.57. The van der Waals surface area contributed by atoms with E-state index in [-0.39, 0.29) is 42.1 Å². The lowest BCUT2D eigenvalue weighted by atomic mass is 9.63. The van der Waals surface area contributed by atoms with Crippen LogP contribution < -0.4 is 0 Å². The molecule has 8 heteroatoms. The number of nitrogens with zero attached hydrogens (tertiary/aromatic N) is 2. The number of aryl methyl sites for hydroxylation is 1. The van der Waals surface area contributed by atoms with Gasteiger partial charge in [-0.05, 0) is 93.1 Å². The number of aliphatic hydroxyl groups is 1. The predicted molar refractivity (Wildman–Crippen MR) is 146 cm³/mol. The highest BCUT2D eigenvalue weighted by molar-refractivity contribution is 5.53. The van der Waals surface area contributed by atoms with E-state index in [4.69, 9.17) is 9.47 Å². The third kappa shape index (κ3) is 9.02. The Morgan fingerprint density at radius 1 is 1.16 bits per heavy atom. The van der Waals surface area contributed by atoms with E-state index < -0.39 is 17.7 Å². The van der Waals surface area contributed by atoms with Gasteiger partial charge in [-0.1, -0.05) is 25.3 Å². The normalized spacial score (nSPS) is 18.8. The van der Waals surface area contributed by atoms with E-state index in [0.717, 1.165) is 25.7 Å². The van der Waals surface area contributed by atoms with Crippen LogP contribution in [0.1, 0.15) is 123 Å². The molecule has 1 aromatic rings. The summed E-state index contributed by atoms with van der Waals surface area (Å²) in [4.78, 5) is 8.86. The van der Waals surface area contributed by atoms with E-state index in [2.05, 4.69) is 37.7 Å². The van der Waals surface area contributed by atoms with Gasteiger partial charge in [-0.2, -0.15) is 13.2 Å². The molecule has 38 heavy (non-hydrogen) atoms. The summed E-state index contributed by atoms with van der Waals surface area (Å²) in [5, 5.41) is 10.8. The molecule has 1 heterocycles. The molecule has 0 amide bonds. The van der Waals surface area contributed by atoms with Crippen molar-refractivity contribution in [3.8, 4) is 0 Å². The monoisotopic (exact) mass is 542 g/mol. The van der Waals surface area contributed by atoms with Crippen molar-refractivity contribution >= 4 is 6.08 Å². The van der Waals surface area contributed by atoms with Gasteiger partial charge in [-0.25, -0.2) is 0 Å².